The molecule has 0 unspecified atom stereocenters. The first-order valence-electron chi connectivity index (χ1n) is 9.77. The number of rotatable bonds is 6. The maximum atomic E-state index is 12.7. The van der Waals surface area contributed by atoms with Crippen molar-refractivity contribution in [3.05, 3.63) is 78.0 Å². The highest BCUT2D eigenvalue weighted by Gasteiger charge is 2.45. The second-order valence-electron chi connectivity index (χ2n) is 8.55. The summed E-state index contributed by atoms with van der Waals surface area (Å²) in [5.41, 5.74) is 0.0246. The molecule has 0 aliphatic rings. The highest BCUT2D eigenvalue weighted by molar-refractivity contribution is 5.88. The fourth-order valence-corrected chi connectivity index (χ4v) is 3.54. The minimum absolute atomic E-state index is 0.0551. The van der Waals surface area contributed by atoms with Gasteiger partial charge in [0.15, 0.2) is 5.54 Å². The highest BCUT2D eigenvalue weighted by Crippen LogP contribution is 2.36. The van der Waals surface area contributed by atoms with Crippen LogP contribution in [0.4, 0.5) is 4.79 Å². The molecule has 0 saturated carbocycles. The first kappa shape index (κ1) is 21.3. The van der Waals surface area contributed by atoms with Crippen molar-refractivity contribution in [3.8, 4) is 0 Å². The molecule has 2 aromatic carbocycles. The number of carboxylic acid groups (broad SMARTS) is 1. The van der Waals surface area contributed by atoms with Crippen LogP contribution in [0, 0.1) is 5.41 Å². The van der Waals surface area contributed by atoms with Crippen LogP contribution in [0.25, 0.3) is 10.9 Å². The molecular weight excluding hydrogens is 380 g/mol. The third-order valence-corrected chi connectivity index (χ3v) is 4.78. The molecule has 0 bridgehead atoms. The number of carboxylic acids is 1. The number of pyridine rings is 1. The number of aliphatic carboxylic acids is 1. The van der Waals surface area contributed by atoms with Gasteiger partial charge in [0.1, 0.15) is 6.61 Å². The number of benzene rings is 2. The molecule has 0 aliphatic carbocycles. The van der Waals surface area contributed by atoms with Crippen LogP contribution in [0.2, 0.25) is 0 Å². The van der Waals surface area contributed by atoms with Gasteiger partial charge >= 0.3 is 12.1 Å². The molecule has 1 heterocycles. The Morgan fingerprint density at radius 2 is 1.77 bits per heavy atom. The summed E-state index contributed by atoms with van der Waals surface area (Å²) in [7, 11) is 0. The molecule has 0 spiro atoms. The molecule has 3 aromatic rings. The Kier molecular flexibility index (Phi) is 6.06. The van der Waals surface area contributed by atoms with Crippen molar-refractivity contribution in [1.82, 2.24) is 10.3 Å². The maximum Gasteiger partial charge on any atom is 0.408 e. The fraction of sp³-hybridized carbons (Fsp3) is 0.292. The summed E-state index contributed by atoms with van der Waals surface area (Å²) in [6.07, 6.45) is 1.08. The number of nitrogens with one attached hydrogen (secondary N) is 1. The molecule has 3 rings (SSSR count). The van der Waals surface area contributed by atoms with Gasteiger partial charge in [-0.3, -0.25) is 4.98 Å². The molecule has 0 radical (unpaired) electrons. The third-order valence-electron chi connectivity index (χ3n) is 4.78. The predicted molar refractivity (Wildman–Crippen MR) is 115 cm³/mol. The minimum atomic E-state index is -1.64. The summed E-state index contributed by atoms with van der Waals surface area (Å²) in [4.78, 5) is 29.5. The lowest BCUT2D eigenvalue weighted by atomic mass is 9.75. The molecule has 0 fully saturated rings. The number of carbonyl (C=O) groups excluding carboxylic acids is 1. The smallest absolute Gasteiger partial charge is 0.408 e. The molecule has 156 valence electrons. The lowest BCUT2D eigenvalue weighted by Gasteiger charge is -2.36. The zero-order valence-electron chi connectivity index (χ0n) is 17.4. The highest BCUT2D eigenvalue weighted by atomic mass is 16.5. The molecule has 6 nitrogen and oxygen atoms in total. The largest absolute Gasteiger partial charge is 0.479 e. The van der Waals surface area contributed by atoms with Crippen molar-refractivity contribution in [2.45, 2.75) is 39.3 Å². The Labute approximate surface area is 175 Å². The molecule has 0 saturated heterocycles. The van der Waals surface area contributed by atoms with E-state index in [2.05, 4.69) is 10.3 Å². The Morgan fingerprint density at radius 3 is 2.43 bits per heavy atom. The van der Waals surface area contributed by atoms with Crippen LogP contribution in [-0.4, -0.2) is 22.2 Å². The summed E-state index contributed by atoms with van der Waals surface area (Å²) in [5.74, 6) is -1.14. The van der Waals surface area contributed by atoms with Gasteiger partial charge in [0.2, 0.25) is 0 Å². The second-order valence-corrected chi connectivity index (χ2v) is 8.55. The Morgan fingerprint density at radius 1 is 1.03 bits per heavy atom. The Hall–Kier alpha value is -3.41. The Balaban J connectivity index is 1.95. The number of fused-ring (bicyclic) bond motifs is 1. The molecule has 30 heavy (non-hydrogen) atoms. The van der Waals surface area contributed by atoms with Crippen LogP contribution in [0.3, 0.4) is 0 Å². The summed E-state index contributed by atoms with van der Waals surface area (Å²) in [6, 6.07) is 18.1. The molecule has 2 N–H and O–H groups in total. The van der Waals surface area contributed by atoms with E-state index in [4.69, 9.17) is 4.74 Å². The van der Waals surface area contributed by atoms with E-state index in [9.17, 15) is 14.7 Å². The zero-order valence-corrected chi connectivity index (χ0v) is 17.4. The van der Waals surface area contributed by atoms with E-state index >= 15 is 0 Å². The van der Waals surface area contributed by atoms with Crippen LogP contribution in [0.5, 0.6) is 0 Å². The SMILES string of the molecule is CC(C)(C)C[C@](NC(=O)OCc1ccccc1)(C(=O)O)c1ccc2ncccc2c1. The van der Waals surface area contributed by atoms with Crippen molar-refractivity contribution >= 4 is 23.0 Å². The average molecular weight is 406 g/mol. The summed E-state index contributed by atoms with van der Waals surface area (Å²) < 4.78 is 5.33. The maximum absolute atomic E-state index is 12.7. The molecule has 1 aromatic heterocycles. The van der Waals surface area contributed by atoms with Crippen molar-refractivity contribution in [2.75, 3.05) is 0 Å². The van der Waals surface area contributed by atoms with E-state index in [1.807, 2.05) is 57.2 Å². The van der Waals surface area contributed by atoms with Gasteiger partial charge in [-0.1, -0.05) is 63.2 Å². The number of aromatic nitrogens is 1. The van der Waals surface area contributed by atoms with Crippen LogP contribution in [0.1, 0.15) is 38.3 Å². The molecule has 1 atom stereocenters. The fourth-order valence-electron chi connectivity index (χ4n) is 3.54. The van der Waals surface area contributed by atoms with Crippen molar-refractivity contribution in [2.24, 2.45) is 5.41 Å². The third kappa shape index (κ3) is 4.95. The monoisotopic (exact) mass is 406 g/mol. The van der Waals surface area contributed by atoms with Gasteiger partial charge in [0, 0.05) is 11.6 Å². The van der Waals surface area contributed by atoms with Gasteiger partial charge in [0.05, 0.1) is 5.52 Å². The topological polar surface area (TPSA) is 88.5 Å². The molecule has 1 amide bonds. The van der Waals surface area contributed by atoms with Crippen molar-refractivity contribution in [3.63, 3.8) is 0 Å². The first-order valence-corrected chi connectivity index (χ1v) is 9.77. The van der Waals surface area contributed by atoms with E-state index < -0.39 is 17.6 Å². The number of hydrogen-bond donors (Lipinski definition) is 2. The first-order chi connectivity index (χ1) is 14.2. The van der Waals surface area contributed by atoms with Gasteiger partial charge < -0.3 is 15.2 Å². The van der Waals surface area contributed by atoms with Gasteiger partial charge in [-0.25, -0.2) is 9.59 Å². The van der Waals surface area contributed by atoms with E-state index in [0.717, 1.165) is 16.5 Å². The molecule has 0 aliphatic heterocycles. The number of carbonyl (C=O) groups is 2. The minimum Gasteiger partial charge on any atom is -0.479 e. The standard InChI is InChI=1S/C24H26N2O4/c1-23(2,3)16-24(21(27)28,19-11-12-20-18(14-19)10-7-13-25-20)26-22(29)30-15-17-8-5-4-6-9-17/h4-14H,15-16H2,1-3H3,(H,26,29)(H,27,28)/t24-/m1/s1. The van der Waals surface area contributed by atoms with Gasteiger partial charge in [-0.15, -0.1) is 0 Å². The molecular formula is C24H26N2O4. The number of ether oxygens (including phenoxy) is 1. The van der Waals surface area contributed by atoms with E-state index in [1.54, 1.807) is 30.5 Å². The van der Waals surface area contributed by atoms with Crippen LogP contribution in [-0.2, 0) is 21.7 Å². The molecule has 6 heteroatoms. The lowest BCUT2D eigenvalue weighted by Crippen LogP contribution is -2.54. The summed E-state index contributed by atoms with van der Waals surface area (Å²) in [6.45, 7) is 5.86. The Bertz CT molecular complexity index is 1040. The van der Waals surface area contributed by atoms with E-state index in [-0.39, 0.29) is 18.4 Å². The second kappa shape index (κ2) is 8.53. The number of nitrogens with zero attached hydrogens (tertiary/aromatic N) is 1. The summed E-state index contributed by atoms with van der Waals surface area (Å²) >= 11 is 0. The summed E-state index contributed by atoms with van der Waals surface area (Å²) in [5, 5.41) is 13.7. The zero-order chi connectivity index (χ0) is 21.8. The van der Waals surface area contributed by atoms with Crippen molar-refractivity contribution < 1.29 is 19.4 Å². The van der Waals surface area contributed by atoms with Gasteiger partial charge in [0.25, 0.3) is 0 Å². The van der Waals surface area contributed by atoms with E-state index in [1.165, 1.54) is 0 Å². The van der Waals surface area contributed by atoms with Crippen LogP contribution >= 0.6 is 0 Å². The lowest BCUT2D eigenvalue weighted by molar-refractivity contribution is -0.146. The van der Waals surface area contributed by atoms with Gasteiger partial charge in [-0.2, -0.15) is 0 Å². The number of hydrogen-bond acceptors (Lipinski definition) is 4. The van der Waals surface area contributed by atoms with Crippen LogP contribution in [0.15, 0.2) is 66.9 Å². The normalized spacial score (nSPS) is 13.4. The van der Waals surface area contributed by atoms with Crippen LogP contribution < -0.4 is 5.32 Å². The van der Waals surface area contributed by atoms with Crippen molar-refractivity contribution in [1.29, 1.82) is 0 Å². The van der Waals surface area contributed by atoms with E-state index in [0.29, 0.717) is 5.56 Å². The average Bonchev–Trinajstić information content (AvgIpc) is 2.71. The quantitative estimate of drug-likeness (QED) is 0.609. The predicted octanol–water partition coefficient (Wildman–Crippen LogP) is 4.88. The number of alkyl carbamates (subject to hydrolysis) is 1. The van der Waals surface area contributed by atoms with Gasteiger partial charge in [-0.05, 0) is 41.2 Å². The number of amides is 1.